The van der Waals surface area contributed by atoms with Gasteiger partial charge in [-0.05, 0) is 25.5 Å². The number of hydrogen-bond acceptors (Lipinski definition) is 4. The molecule has 2 atom stereocenters. The van der Waals surface area contributed by atoms with Crippen molar-refractivity contribution in [2.24, 2.45) is 0 Å². The Kier molecular flexibility index (Phi) is 4.13. The molecule has 106 valence electrons. The van der Waals surface area contributed by atoms with Crippen molar-refractivity contribution in [1.29, 1.82) is 0 Å². The number of rotatable bonds is 3. The van der Waals surface area contributed by atoms with Gasteiger partial charge in [0.15, 0.2) is 0 Å². The van der Waals surface area contributed by atoms with Crippen molar-refractivity contribution in [3.05, 3.63) is 29.8 Å². The molecular weight excluding hydrogens is 264 g/mol. The van der Waals surface area contributed by atoms with E-state index in [1.54, 1.807) is 24.3 Å². The monoisotopic (exact) mass is 284 g/mol. The van der Waals surface area contributed by atoms with Crippen molar-refractivity contribution in [3.8, 4) is 0 Å². The molecule has 2 N–H and O–H groups in total. The van der Waals surface area contributed by atoms with Crippen LogP contribution >= 0.6 is 0 Å². The minimum Gasteiger partial charge on any atom is -0.398 e. The van der Waals surface area contributed by atoms with E-state index in [1.165, 1.54) is 4.31 Å². The number of para-hydroxylation sites is 1. The summed E-state index contributed by atoms with van der Waals surface area (Å²) in [6, 6.07) is 7.06. The first-order valence-electron chi connectivity index (χ1n) is 6.35. The van der Waals surface area contributed by atoms with Gasteiger partial charge < -0.3 is 10.5 Å². The molecule has 0 aromatic heterocycles. The third-order valence-electron chi connectivity index (χ3n) is 3.17. The fourth-order valence-corrected chi connectivity index (χ4v) is 4.02. The Hall–Kier alpha value is -1.11. The molecule has 1 aliphatic rings. The van der Waals surface area contributed by atoms with Crippen LogP contribution in [0, 0.1) is 0 Å². The lowest BCUT2D eigenvalue weighted by atomic mass is 10.2. The summed E-state index contributed by atoms with van der Waals surface area (Å²) < 4.78 is 31.9. The summed E-state index contributed by atoms with van der Waals surface area (Å²) in [7, 11) is -3.35. The van der Waals surface area contributed by atoms with Crippen LogP contribution < -0.4 is 5.73 Å². The predicted octanol–water partition coefficient (Wildman–Crippen LogP) is 1.21. The molecule has 1 aromatic rings. The van der Waals surface area contributed by atoms with E-state index in [0.29, 0.717) is 24.3 Å². The van der Waals surface area contributed by atoms with Crippen molar-refractivity contribution in [2.45, 2.75) is 31.8 Å². The molecule has 2 unspecified atom stereocenters. The van der Waals surface area contributed by atoms with Crippen LogP contribution in [0.5, 0.6) is 0 Å². The average molecular weight is 284 g/mol. The molecule has 5 nitrogen and oxygen atoms in total. The Labute approximate surface area is 114 Å². The second-order valence-corrected chi connectivity index (χ2v) is 7.00. The Balaban J connectivity index is 2.16. The topological polar surface area (TPSA) is 72.6 Å². The lowest BCUT2D eigenvalue weighted by Gasteiger charge is -2.34. The number of nitrogens with zero attached hydrogens (tertiary/aromatic N) is 1. The zero-order valence-corrected chi connectivity index (χ0v) is 12.1. The van der Waals surface area contributed by atoms with Gasteiger partial charge in [0.2, 0.25) is 10.0 Å². The van der Waals surface area contributed by atoms with Gasteiger partial charge in [0.1, 0.15) is 0 Å². The summed E-state index contributed by atoms with van der Waals surface area (Å²) >= 11 is 0. The van der Waals surface area contributed by atoms with Gasteiger partial charge in [-0.15, -0.1) is 0 Å². The minimum absolute atomic E-state index is 0.0564. The molecule has 0 aliphatic carbocycles. The second-order valence-electron chi connectivity index (χ2n) is 5.03. The van der Waals surface area contributed by atoms with Gasteiger partial charge in [-0.2, -0.15) is 4.31 Å². The maximum absolute atomic E-state index is 12.4. The zero-order valence-electron chi connectivity index (χ0n) is 11.2. The highest BCUT2D eigenvalue weighted by Gasteiger charge is 2.31. The minimum atomic E-state index is -3.35. The van der Waals surface area contributed by atoms with E-state index < -0.39 is 10.0 Å². The average Bonchev–Trinajstić information content (AvgIpc) is 2.31. The van der Waals surface area contributed by atoms with Crippen LogP contribution in [0.4, 0.5) is 5.69 Å². The van der Waals surface area contributed by atoms with E-state index in [2.05, 4.69) is 0 Å². The summed E-state index contributed by atoms with van der Waals surface area (Å²) in [6.45, 7) is 4.57. The van der Waals surface area contributed by atoms with E-state index in [9.17, 15) is 8.42 Å². The molecule has 1 heterocycles. The van der Waals surface area contributed by atoms with Crippen LogP contribution in [0.3, 0.4) is 0 Å². The lowest BCUT2D eigenvalue weighted by Crippen LogP contribution is -2.48. The van der Waals surface area contributed by atoms with Crippen LogP contribution in [-0.4, -0.2) is 38.0 Å². The van der Waals surface area contributed by atoms with Gasteiger partial charge in [0.05, 0.1) is 18.0 Å². The molecule has 0 amide bonds. The molecule has 1 aliphatic heterocycles. The second kappa shape index (κ2) is 5.48. The van der Waals surface area contributed by atoms with Gasteiger partial charge in [-0.25, -0.2) is 8.42 Å². The van der Waals surface area contributed by atoms with Crippen LogP contribution in [0.1, 0.15) is 19.4 Å². The number of ether oxygens (including phenoxy) is 1. The maximum Gasteiger partial charge on any atom is 0.218 e. The summed E-state index contributed by atoms with van der Waals surface area (Å²) in [6.07, 6.45) is -0.154. The number of nitrogens with two attached hydrogens (primary N) is 1. The van der Waals surface area contributed by atoms with E-state index in [0.717, 1.165) is 0 Å². The molecule has 1 saturated heterocycles. The first-order valence-corrected chi connectivity index (χ1v) is 7.96. The Morgan fingerprint density at radius 1 is 1.26 bits per heavy atom. The van der Waals surface area contributed by atoms with Crippen LogP contribution in [0.15, 0.2) is 24.3 Å². The summed E-state index contributed by atoms with van der Waals surface area (Å²) in [4.78, 5) is 0. The molecule has 1 fully saturated rings. The normalized spacial score (nSPS) is 25.4. The Morgan fingerprint density at radius 2 is 1.84 bits per heavy atom. The number of anilines is 1. The van der Waals surface area contributed by atoms with Gasteiger partial charge in [0.25, 0.3) is 0 Å². The van der Waals surface area contributed by atoms with Crippen molar-refractivity contribution in [3.63, 3.8) is 0 Å². The number of morpholine rings is 1. The standard InChI is InChI=1S/C13H20N2O3S/c1-10-7-15(8-11(2)18-10)19(16,17)9-12-5-3-4-6-13(12)14/h3-6,10-11H,7-9,14H2,1-2H3. The van der Waals surface area contributed by atoms with E-state index in [1.807, 2.05) is 13.8 Å². The molecule has 6 heteroatoms. The van der Waals surface area contributed by atoms with Gasteiger partial charge in [-0.3, -0.25) is 0 Å². The predicted molar refractivity (Wildman–Crippen MR) is 75.1 cm³/mol. The molecule has 0 radical (unpaired) electrons. The van der Waals surface area contributed by atoms with Gasteiger partial charge in [-0.1, -0.05) is 18.2 Å². The van der Waals surface area contributed by atoms with Gasteiger partial charge >= 0.3 is 0 Å². The molecule has 2 rings (SSSR count). The number of nitrogen functional groups attached to an aromatic ring is 1. The number of sulfonamides is 1. The van der Waals surface area contributed by atoms with Crippen LogP contribution in [0.2, 0.25) is 0 Å². The van der Waals surface area contributed by atoms with Crippen LogP contribution in [0.25, 0.3) is 0 Å². The highest BCUT2D eigenvalue weighted by atomic mass is 32.2. The quantitative estimate of drug-likeness (QED) is 0.847. The first-order chi connectivity index (χ1) is 8.88. The number of benzene rings is 1. The van der Waals surface area contributed by atoms with Crippen molar-refractivity contribution < 1.29 is 13.2 Å². The van der Waals surface area contributed by atoms with Crippen molar-refractivity contribution in [1.82, 2.24) is 4.31 Å². The number of hydrogen-bond donors (Lipinski definition) is 1. The molecule has 0 spiro atoms. The van der Waals surface area contributed by atoms with Crippen molar-refractivity contribution >= 4 is 15.7 Å². The Bertz CT molecular complexity index is 535. The molecule has 1 aromatic carbocycles. The van der Waals surface area contributed by atoms with Gasteiger partial charge in [0, 0.05) is 18.8 Å². The summed E-state index contributed by atoms with van der Waals surface area (Å²) in [5.74, 6) is -0.0564. The zero-order chi connectivity index (χ0) is 14.0. The lowest BCUT2D eigenvalue weighted by molar-refractivity contribution is -0.0441. The Morgan fingerprint density at radius 3 is 2.42 bits per heavy atom. The van der Waals surface area contributed by atoms with Crippen LogP contribution in [-0.2, 0) is 20.5 Å². The molecule has 0 saturated carbocycles. The highest BCUT2D eigenvalue weighted by Crippen LogP contribution is 2.20. The third-order valence-corrected chi connectivity index (χ3v) is 4.93. The fraction of sp³-hybridized carbons (Fsp3) is 0.538. The molecular formula is C13H20N2O3S. The largest absolute Gasteiger partial charge is 0.398 e. The van der Waals surface area contributed by atoms with Crippen molar-refractivity contribution in [2.75, 3.05) is 18.8 Å². The maximum atomic E-state index is 12.4. The highest BCUT2D eigenvalue weighted by molar-refractivity contribution is 7.88. The third kappa shape index (κ3) is 3.46. The summed E-state index contributed by atoms with van der Waals surface area (Å²) in [5.41, 5.74) is 6.97. The molecule has 19 heavy (non-hydrogen) atoms. The summed E-state index contributed by atoms with van der Waals surface area (Å²) in [5, 5.41) is 0. The molecule has 0 bridgehead atoms. The van der Waals surface area contributed by atoms with E-state index in [4.69, 9.17) is 10.5 Å². The smallest absolute Gasteiger partial charge is 0.218 e. The van der Waals surface area contributed by atoms with E-state index in [-0.39, 0.29) is 18.0 Å². The fourth-order valence-electron chi connectivity index (χ4n) is 2.31. The first kappa shape index (κ1) is 14.3. The SMILES string of the molecule is CC1CN(S(=O)(=O)Cc2ccccc2N)CC(C)O1. The van der Waals surface area contributed by atoms with E-state index >= 15 is 0 Å².